The predicted octanol–water partition coefficient (Wildman–Crippen LogP) is 3.78. The lowest BCUT2D eigenvalue weighted by molar-refractivity contribution is 0.414. The van der Waals surface area contributed by atoms with Crippen molar-refractivity contribution in [3.63, 3.8) is 0 Å². The molecule has 0 bridgehead atoms. The number of ether oxygens (including phenoxy) is 1. The Labute approximate surface area is 131 Å². The molecule has 3 heteroatoms. The van der Waals surface area contributed by atoms with E-state index in [-0.39, 0.29) is 0 Å². The summed E-state index contributed by atoms with van der Waals surface area (Å²) < 4.78 is 7.27. The molecule has 3 aromatic rings. The summed E-state index contributed by atoms with van der Waals surface area (Å²) in [4.78, 5) is 0. The summed E-state index contributed by atoms with van der Waals surface area (Å²) >= 11 is 0. The van der Waals surface area contributed by atoms with E-state index in [9.17, 15) is 0 Å². The molecule has 3 rings (SSSR count). The van der Waals surface area contributed by atoms with Gasteiger partial charge in [-0.05, 0) is 47.5 Å². The quantitative estimate of drug-likeness (QED) is 0.748. The molecule has 0 amide bonds. The maximum atomic E-state index is 5.16. The van der Waals surface area contributed by atoms with Gasteiger partial charge in [0.15, 0.2) is 0 Å². The molecule has 0 saturated carbocycles. The number of nitrogens with one attached hydrogen (secondary N) is 1. The molecule has 0 unspecified atom stereocenters. The molecule has 0 saturated heterocycles. The van der Waals surface area contributed by atoms with Gasteiger partial charge in [0.05, 0.1) is 7.11 Å². The van der Waals surface area contributed by atoms with Gasteiger partial charge >= 0.3 is 0 Å². The molecule has 1 heterocycles. The number of hydrogen-bond donors (Lipinski definition) is 1. The summed E-state index contributed by atoms with van der Waals surface area (Å²) in [5.74, 6) is 0.893. The maximum absolute atomic E-state index is 5.16. The first kappa shape index (κ1) is 14.4. The van der Waals surface area contributed by atoms with Crippen molar-refractivity contribution in [3.8, 4) is 11.4 Å². The number of hydrogen-bond acceptors (Lipinski definition) is 2. The normalized spacial score (nSPS) is 10.6. The molecule has 3 nitrogen and oxygen atoms in total. The van der Waals surface area contributed by atoms with Crippen LogP contribution in [0.1, 0.15) is 11.1 Å². The highest BCUT2D eigenvalue weighted by atomic mass is 16.5. The summed E-state index contributed by atoms with van der Waals surface area (Å²) in [6.07, 6.45) is 4.11. The molecule has 1 N–H and O–H groups in total. The Morgan fingerprint density at radius 2 is 1.36 bits per heavy atom. The van der Waals surface area contributed by atoms with E-state index in [4.69, 9.17) is 4.74 Å². The number of methoxy groups -OCH3 is 1. The molecule has 0 radical (unpaired) electrons. The second-order valence-corrected chi connectivity index (χ2v) is 5.21. The van der Waals surface area contributed by atoms with Crippen molar-refractivity contribution < 1.29 is 4.74 Å². The molecule has 22 heavy (non-hydrogen) atoms. The fourth-order valence-corrected chi connectivity index (χ4v) is 2.39. The Morgan fingerprint density at radius 1 is 0.818 bits per heavy atom. The van der Waals surface area contributed by atoms with Crippen LogP contribution < -0.4 is 10.1 Å². The molecule has 0 aliphatic carbocycles. The van der Waals surface area contributed by atoms with Crippen LogP contribution in [0.2, 0.25) is 0 Å². The zero-order valence-corrected chi connectivity index (χ0v) is 12.7. The Bertz CT molecular complexity index is 685. The third-order valence-corrected chi connectivity index (χ3v) is 3.66. The fraction of sp³-hybridized carbons (Fsp3) is 0.158. The van der Waals surface area contributed by atoms with Crippen molar-refractivity contribution >= 4 is 0 Å². The van der Waals surface area contributed by atoms with Crippen LogP contribution in [0.3, 0.4) is 0 Å². The van der Waals surface area contributed by atoms with E-state index in [0.29, 0.717) is 0 Å². The van der Waals surface area contributed by atoms with Crippen molar-refractivity contribution in [2.75, 3.05) is 7.11 Å². The average molecular weight is 292 g/mol. The lowest BCUT2D eigenvalue weighted by atomic mass is 10.2. The minimum atomic E-state index is 0.851. The molecule has 112 valence electrons. The molecular formula is C19H20N2O. The van der Waals surface area contributed by atoms with E-state index in [1.807, 2.05) is 24.3 Å². The van der Waals surface area contributed by atoms with Crippen molar-refractivity contribution in [3.05, 3.63) is 84.2 Å². The summed E-state index contributed by atoms with van der Waals surface area (Å²) in [6, 6.07) is 20.8. The Hall–Kier alpha value is -2.52. The van der Waals surface area contributed by atoms with Gasteiger partial charge in [-0.3, -0.25) is 0 Å². The van der Waals surface area contributed by atoms with Crippen LogP contribution in [-0.4, -0.2) is 11.7 Å². The van der Waals surface area contributed by atoms with Crippen LogP contribution in [-0.2, 0) is 13.1 Å². The monoisotopic (exact) mass is 292 g/mol. The van der Waals surface area contributed by atoms with Gasteiger partial charge in [0.2, 0.25) is 0 Å². The van der Waals surface area contributed by atoms with Crippen LogP contribution in [0.4, 0.5) is 0 Å². The van der Waals surface area contributed by atoms with Gasteiger partial charge in [-0.1, -0.05) is 24.3 Å². The highest BCUT2D eigenvalue weighted by Gasteiger charge is 1.98. The summed E-state index contributed by atoms with van der Waals surface area (Å²) in [7, 11) is 1.69. The predicted molar refractivity (Wildman–Crippen MR) is 89.3 cm³/mol. The highest BCUT2D eigenvalue weighted by Crippen LogP contribution is 2.12. The van der Waals surface area contributed by atoms with Crippen molar-refractivity contribution in [2.45, 2.75) is 13.1 Å². The zero-order chi connectivity index (χ0) is 15.2. The van der Waals surface area contributed by atoms with E-state index < -0.39 is 0 Å². The van der Waals surface area contributed by atoms with Crippen LogP contribution in [0.15, 0.2) is 73.1 Å². The number of aromatic nitrogens is 1. The van der Waals surface area contributed by atoms with E-state index in [1.165, 1.54) is 16.8 Å². The van der Waals surface area contributed by atoms with Crippen LogP contribution >= 0.6 is 0 Å². The second-order valence-electron chi connectivity index (χ2n) is 5.21. The lowest BCUT2D eigenvalue weighted by Crippen LogP contribution is -2.12. The summed E-state index contributed by atoms with van der Waals surface area (Å²) in [5.41, 5.74) is 3.72. The molecule has 1 aromatic heterocycles. The first-order valence-electron chi connectivity index (χ1n) is 7.41. The Morgan fingerprint density at radius 3 is 1.91 bits per heavy atom. The summed E-state index contributed by atoms with van der Waals surface area (Å²) in [5, 5.41) is 3.46. The van der Waals surface area contributed by atoms with Crippen LogP contribution in [0.25, 0.3) is 5.69 Å². The second kappa shape index (κ2) is 6.96. The maximum Gasteiger partial charge on any atom is 0.118 e. The van der Waals surface area contributed by atoms with Gasteiger partial charge < -0.3 is 14.6 Å². The van der Waals surface area contributed by atoms with Gasteiger partial charge in [-0.25, -0.2) is 0 Å². The minimum absolute atomic E-state index is 0.851. The minimum Gasteiger partial charge on any atom is -0.497 e. The molecule has 0 spiro atoms. The third-order valence-electron chi connectivity index (χ3n) is 3.66. The third kappa shape index (κ3) is 3.57. The fourth-order valence-electron chi connectivity index (χ4n) is 2.39. The largest absolute Gasteiger partial charge is 0.497 e. The topological polar surface area (TPSA) is 26.2 Å². The van der Waals surface area contributed by atoms with Gasteiger partial charge in [0, 0.05) is 31.2 Å². The van der Waals surface area contributed by atoms with Gasteiger partial charge in [0.1, 0.15) is 5.75 Å². The number of rotatable bonds is 6. The number of benzene rings is 2. The Balaban J connectivity index is 1.53. The zero-order valence-electron chi connectivity index (χ0n) is 12.7. The Kier molecular flexibility index (Phi) is 4.56. The van der Waals surface area contributed by atoms with Crippen LogP contribution in [0, 0.1) is 0 Å². The van der Waals surface area contributed by atoms with Crippen molar-refractivity contribution in [1.29, 1.82) is 0 Å². The molecule has 0 fully saturated rings. The molecular weight excluding hydrogens is 272 g/mol. The van der Waals surface area contributed by atoms with Crippen molar-refractivity contribution in [2.24, 2.45) is 0 Å². The van der Waals surface area contributed by atoms with Crippen LogP contribution in [0.5, 0.6) is 5.75 Å². The average Bonchev–Trinajstić information content (AvgIpc) is 3.11. The van der Waals surface area contributed by atoms with Gasteiger partial charge in [-0.15, -0.1) is 0 Å². The SMILES string of the molecule is COc1ccc(CNCc2ccc(-n3cccc3)cc2)cc1. The van der Waals surface area contributed by atoms with Gasteiger partial charge in [-0.2, -0.15) is 0 Å². The molecule has 0 aliphatic rings. The van der Waals surface area contributed by atoms with E-state index >= 15 is 0 Å². The smallest absolute Gasteiger partial charge is 0.118 e. The van der Waals surface area contributed by atoms with E-state index in [2.05, 4.69) is 58.7 Å². The summed E-state index contributed by atoms with van der Waals surface area (Å²) in [6.45, 7) is 1.71. The van der Waals surface area contributed by atoms with E-state index in [1.54, 1.807) is 7.11 Å². The first-order valence-corrected chi connectivity index (χ1v) is 7.41. The lowest BCUT2D eigenvalue weighted by Gasteiger charge is -2.08. The highest BCUT2D eigenvalue weighted by molar-refractivity contribution is 5.35. The standard InChI is InChI=1S/C19H20N2O/c1-22-19-10-6-17(7-11-19)15-20-14-16-4-8-18(9-5-16)21-12-2-3-13-21/h2-13,20H,14-15H2,1H3. The number of nitrogens with zero attached hydrogens (tertiary/aromatic N) is 1. The first-order chi connectivity index (χ1) is 10.8. The van der Waals surface area contributed by atoms with E-state index in [0.717, 1.165) is 18.8 Å². The molecule has 0 atom stereocenters. The van der Waals surface area contributed by atoms with Crippen molar-refractivity contribution in [1.82, 2.24) is 9.88 Å². The van der Waals surface area contributed by atoms with Gasteiger partial charge in [0.25, 0.3) is 0 Å². The molecule has 2 aromatic carbocycles. The molecule has 0 aliphatic heterocycles.